The summed E-state index contributed by atoms with van der Waals surface area (Å²) in [5.41, 5.74) is 5.78. The Kier molecular flexibility index (Phi) is 4.86. The van der Waals surface area contributed by atoms with Crippen molar-refractivity contribution in [1.29, 1.82) is 0 Å². The van der Waals surface area contributed by atoms with Gasteiger partial charge >= 0.3 is 0 Å². The van der Waals surface area contributed by atoms with Gasteiger partial charge in [-0.05, 0) is 43.5 Å². The summed E-state index contributed by atoms with van der Waals surface area (Å²) < 4.78 is 11.5. The number of benzene rings is 1. The van der Waals surface area contributed by atoms with E-state index in [4.69, 9.17) is 8.95 Å². The molecule has 26 heavy (non-hydrogen) atoms. The fourth-order valence-corrected chi connectivity index (χ4v) is 4.11. The largest absolute Gasteiger partial charge is 0.519 e. The Morgan fingerprint density at radius 3 is 2.69 bits per heavy atom. The third kappa shape index (κ3) is 3.63. The van der Waals surface area contributed by atoms with Gasteiger partial charge in [0.1, 0.15) is 0 Å². The number of fused-ring (bicyclic) bond motifs is 3. The van der Waals surface area contributed by atoms with Gasteiger partial charge in [-0.2, -0.15) is 0 Å². The summed E-state index contributed by atoms with van der Waals surface area (Å²) in [6.45, 7) is 12.7. The summed E-state index contributed by atoms with van der Waals surface area (Å²) in [5.74, 6) is 0.749. The van der Waals surface area contributed by atoms with Crippen LogP contribution in [0, 0.1) is 6.92 Å². The first-order valence-corrected chi connectivity index (χ1v) is 12.3. The molecular formula is C21H29NO3Si. The zero-order valence-electron chi connectivity index (χ0n) is 16.7. The quantitative estimate of drug-likeness (QED) is 0.691. The van der Waals surface area contributed by atoms with Gasteiger partial charge in [0.2, 0.25) is 0 Å². The minimum absolute atomic E-state index is 0.0254. The molecule has 0 N–H and O–H groups in total. The monoisotopic (exact) mass is 371 g/mol. The maximum Gasteiger partial charge on any atom is 0.292 e. The van der Waals surface area contributed by atoms with E-state index >= 15 is 0 Å². The highest BCUT2D eigenvalue weighted by Gasteiger charge is 2.40. The lowest BCUT2D eigenvalue weighted by Gasteiger charge is -2.35. The van der Waals surface area contributed by atoms with Crippen LogP contribution in [0.3, 0.4) is 0 Å². The molecular weight excluding hydrogens is 342 g/mol. The molecule has 1 aromatic carbocycles. The van der Waals surface area contributed by atoms with Crippen LogP contribution in [0.15, 0.2) is 22.7 Å². The van der Waals surface area contributed by atoms with Gasteiger partial charge in [0.15, 0.2) is 5.76 Å². The van der Waals surface area contributed by atoms with E-state index in [9.17, 15) is 4.79 Å². The van der Waals surface area contributed by atoms with Crippen LogP contribution in [-0.2, 0) is 28.5 Å². The third-order valence-electron chi connectivity index (χ3n) is 5.76. The molecule has 1 aromatic heterocycles. The Morgan fingerprint density at radius 2 is 2.00 bits per heavy atom. The van der Waals surface area contributed by atoms with Crippen molar-refractivity contribution in [3.05, 3.63) is 40.6 Å². The number of aryl methyl sites for hydroxylation is 3. The Balaban J connectivity index is 1.70. The Bertz CT molecular complexity index is 830. The highest BCUT2D eigenvalue weighted by molar-refractivity contribution is 6.75. The molecule has 2 aromatic rings. The highest BCUT2D eigenvalue weighted by atomic mass is 28.4. The van der Waals surface area contributed by atoms with Crippen LogP contribution in [-0.4, -0.2) is 19.4 Å². The fraction of sp³-hybridized carbons (Fsp3) is 0.524. The molecule has 5 heteroatoms. The molecule has 0 atom stereocenters. The molecule has 0 saturated carbocycles. The molecule has 140 valence electrons. The second kappa shape index (κ2) is 6.69. The topological polar surface area (TPSA) is 52.3 Å². The maximum atomic E-state index is 12.4. The molecule has 0 fully saturated rings. The van der Waals surface area contributed by atoms with E-state index in [-0.39, 0.29) is 11.0 Å². The number of rotatable bonds is 4. The maximum absolute atomic E-state index is 12.4. The molecule has 0 radical (unpaired) electrons. The molecule has 1 heterocycles. The highest BCUT2D eigenvalue weighted by Crippen LogP contribution is 2.38. The van der Waals surface area contributed by atoms with Crippen molar-refractivity contribution in [3.8, 4) is 11.3 Å². The van der Waals surface area contributed by atoms with Crippen LogP contribution < -0.4 is 0 Å². The molecule has 1 aliphatic rings. The first-order chi connectivity index (χ1) is 12.1. The third-order valence-corrected chi connectivity index (χ3v) is 10.1. The second-order valence-electron chi connectivity index (χ2n) is 8.83. The summed E-state index contributed by atoms with van der Waals surface area (Å²) in [6.07, 6.45) is 2.84. The summed E-state index contributed by atoms with van der Waals surface area (Å²) >= 11 is 0. The van der Waals surface area contributed by atoms with E-state index in [1.165, 1.54) is 11.1 Å². The molecule has 3 rings (SSSR count). The van der Waals surface area contributed by atoms with E-state index in [2.05, 4.69) is 64.1 Å². The molecule has 0 spiro atoms. The minimum Gasteiger partial charge on any atom is -0.519 e. The van der Waals surface area contributed by atoms with Crippen molar-refractivity contribution in [2.24, 2.45) is 0 Å². The first kappa shape index (κ1) is 18.9. The Labute approximate surface area is 157 Å². The van der Waals surface area contributed by atoms with Crippen LogP contribution in [0.5, 0.6) is 0 Å². The molecule has 4 nitrogen and oxygen atoms in total. The SMILES string of the molecule is Cc1ccc2c(c1)CCc1c(CCC(=O)O[Si](C)(C)C(C)(C)C)noc1-2. The summed E-state index contributed by atoms with van der Waals surface area (Å²) in [7, 11) is -2.06. The van der Waals surface area contributed by atoms with Crippen molar-refractivity contribution in [3.63, 3.8) is 0 Å². The van der Waals surface area contributed by atoms with Crippen LogP contribution in [0.4, 0.5) is 0 Å². The van der Waals surface area contributed by atoms with Gasteiger partial charge in [0, 0.05) is 24.0 Å². The average molecular weight is 372 g/mol. The van der Waals surface area contributed by atoms with Crippen LogP contribution >= 0.6 is 0 Å². The molecule has 0 saturated heterocycles. The lowest BCUT2D eigenvalue weighted by Crippen LogP contribution is -2.42. The number of hydrogen-bond acceptors (Lipinski definition) is 4. The summed E-state index contributed by atoms with van der Waals surface area (Å²) in [5, 5.41) is 4.29. The normalized spacial score (nSPS) is 13.9. The van der Waals surface area contributed by atoms with Gasteiger partial charge in [0.05, 0.1) is 5.69 Å². The standard InChI is InChI=1S/C21H29NO3Si/c1-14-7-9-16-15(13-14)8-10-17-18(22-24-20(16)17)11-12-19(23)25-26(5,6)21(2,3)4/h7,9,13H,8,10-12H2,1-6H3. The van der Waals surface area contributed by atoms with E-state index in [0.717, 1.165) is 35.4 Å². The van der Waals surface area contributed by atoms with Crippen LogP contribution in [0.2, 0.25) is 18.1 Å². The van der Waals surface area contributed by atoms with Crippen molar-refractivity contribution < 1.29 is 13.7 Å². The number of nitrogens with zero attached hydrogens (tertiary/aromatic N) is 1. The minimum atomic E-state index is -2.06. The number of hydrogen-bond donors (Lipinski definition) is 0. The number of carbonyl (C=O) groups excluding carboxylic acids is 1. The molecule has 0 amide bonds. The van der Waals surface area contributed by atoms with E-state index < -0.39 is 8.32 Å². The zero-order chi connectivity index (χ0) is 19.1. The van der Waals surface area contributed by atoms with Gasteiger partial charge in [-0.15, -0.1) is 0 Å². The van der Waals surface area contributed by atoms with Gasteiger partial charge in [-0.3, -0.25) is 4.79 Å². The molecule has 1 aliphatic carbocycles. The number of carbonyl (C=O) groups is 1. The van der Waals surface area contributed by atoms with Gasteiger partial charge < -0.3 is 8.95 Å². The van der Waals surface area contributed by atoms with Crippen molar-refractivity contribution in [2.75, 3.05) is 0 Å². The predicted molar refractivity (Wildman–Crippen MR) is 106 cm³/mol. The summed E-state index contributed by atoms with van der Waals surface area (Å²) in [6, 6.07) is 6.44. The molecule has 0 aliphatic heterocycles. The average Bonchev–Trinajstić information content (AvgIpc) is 2.94. The zero-order valence-corrected chi connectivity index (χ0v) is 17.7. The van der Waals surface area contributed by atoms with Crippen LogP contribution in [0.25, 0.3) is 11.3 Å². The lowest BCUT2D eigenvalue weighted by molar-refractivity contribution is -0.135. The fourth-order valence-electron chi connectivity index (χ4n) is 3.13. The lowest BCUT2D eigenvalue weighted by atomic mass is 9.88. The van der Waals surface area contributed by atoms with Crippen molar-refractivity contribution in [1.82, 2.24) is 5.16 Å². The smallest absolute Gasteiger partial charge is 0.292 e. The van der Waals surface area contributed by atoms with Gasteiger partial charge in [-0.1, -0.05) is 49.7 Å². The van der Waals surface area contributed by atoms with E-state index in [0.29, 0.717) is 12.8 Å². The molecule has 0 bridgehead atoms. The summed E-state index contributed by atoms with van der Waals surface area (Å²) in [4.78, 5) is 12.4. The second-order valence-corrected chi connectivity index (χ2v) is 13.6. The predicted octanol–water partition coefficient (Wildman–Crippen LogP) is 5.23. The van der Waals surface area contributed by atoms with Crippen molar-refractivity contribution >= 4 is 14.3 Å². The molecule has 0 unspecified atom stereocenters. The van der Waals surface area contributed by atoms with Crippen LogP contribution in [0.1, 0.15) is 49.6 Å². The van der Waals surface area contributed by atoms with Crippen molar-refractivity contribution in [2.45, 2.75) is 71.5 Å². The van der Waals surface area contributed by atoms with Gasteiger partial charge in [0.25, 0.3) is 14.3 Å². The number of aromatic nitrogens is 1. The van der Waals surface area contributed by atoms with E-state index in [1.807, 2.05) is 0 Å². The Morgan fingerprint density at radius 1 is 1.27 bits per heavy atom. The Hall–Kier alpha value is -1.88. The first-order valence-electron chi connectivity index (χ1n) is 9.37. The van der Waals surface area contributed by atoms with E-state index in [1.54, 1.807) is 0 Å². The van der Waals surface area contributed by atoms with Gasteiger partial charge in [-0.25, -0.2) is 0 Å².